The molecule has 0 saturated carbocycles. The summed E-state index contributed by atoms with van der Waals surface area (Å²) in [6, 6.07) is -0.779. The molecule has 0 bridgehead atoms. The number of hydrogen-bond acceptors (Lipinski definition) is 3. The molecule has 0 radical (unpaired) electrons. The Hall–Kier alpha value is -0.610. The summed E-state index contributed by atoms with van der Waals surface area (Å²) in [4.78, 5) is 21.1. The molecule has 0 spiro atoms. The highest BCUT2D eigenvalue weighted by Crippen LogP contribution is 2.05. The Bertz CT molecular complexity index is 196. The van der Waals surface area contributed by atoms with Gasteiger partial charge in [-0.05, 0) is 12.8 Å². The summed E-state index contributed by atoms with van der Waals surface area (Å²) in [6.45, 7) is 0. The minimum Gasteiger partial charge on any atom is -0.480 e. The number of carboxylic acids is 1. The van der Waals surface area contributed by atoms with Gasteiger partial charge in [-0.2, -0.15) is 0 Å². The van der Waals surface area contributed by atoms with E-state index < -0.39 is 12.0 Å². The van der Waals surface area contributed by atoms with Crippen LogP contribution >= 0.6 is 11.6 Å². The zero-order valence-electron chi connectivity index (χ0n) is 8.04. The van der Waals surface area contributed by atoms with Crippen LogP contribution in [0.2, 0.25) is 0 Å². The van der Waals surface area contributed by atoms with Gasteiger partial charge in [0.2, 0.25) is 0 Å². The van der Waals surface area contributed by atoms with E-state index in [1.165, 1.54) is 0 Å². The summed E-state index contributed by atoms with van der Waals surface area (Å²) in [5.41, 5.74) is 5.30. The van der Waals surface area contributed by atoms with Gasteiger partial charge in [-0.3, -0.25) is 9.59 Å². The molecule has 0 fully saturated rings. The lowest BCUT2D eigenvalue weighted by atomic mass is 10.1. The Morgan fingerprint density at radius 3 is 2.43 bits per heavy atom. The minimum atomic E-state index is -0.971. The predicted octanol–water partition coefficient (Wildman–Crippen LogP) is 1.16. The number of carbonyl (C=O) groups is 2. The molecule has 4 nitrogen and oxygen atoms in total. The summed E-state index contributed by atoms with van der Waals surface area (Å²) in [5.74, 6) is -0.870. The number of ketones is 1. The Morgan fingerprint density at radius 2 is 1.93 bits per heavy atom. The quantitative estimate of drug-likeness (QED) is 0.476. The first-order valence-electron chi connectivity index (χ1n) is 4.64. The molecule has 0 amide bonds. The molecule has 0 aliphatic carbocycles. The normalized spacial score (nSPS) is 12.4. The fraction of sp³-hybridized carbons (Fsp3) is 0.778. The fourth-order valence-corrected chi connectivity index (χ4v) is 1.19. The Labute approximate surface area is 88.4 Å². The molecular formula is C9H16ClNO3. The highest BCUT2D eigenvalue weighted by Gasteiger charge is 2.10. The van der Waals surface area contributed by atoms with Crippen molar-refractivity contribution in [3.63, 3.8) is 0 Å². The predicted molar refractivity (Wildman–Crippen MR) is 54.4 cm³/mol. The number of alkyl halides is 1. The zero-order chi connectivity index (χ0) is 11.0. The number of Topliss-reactive ketones (excluding diaryl/α,β-unsaturated/α-hetero) is 1. The van der Waals surface area contributed by atoms with Gasteiger partial charge in [-0.25, -0.2) is 0 Å². The third-order valence-corrected chi connectivity index (χ3v) is 2.24. The smallest absolute Gasteiger partial charge is 0.320 e. The lowest BCUT2D eigenvalue weighted by molar-refractivity contribution is -0.138. The van der Waals surface area contributed by atoms with Gasteiger partial charge in [0.1, 0.15) is 11.8 Å². The van der Waals surface area contributed by atoms with Crippen molar-refractivity contribution < 1.29 is 14.7 Å². The van der Waals surface area contributed by atoms with Gasteiger partial charge in [0.15, 0.2) is 0 Å². The van der Waals surface area contributed by atoms with Crippen LogP contribution in [0, 0.1) is 0 Å². The number of hydrogen-bond donors (Lipinski definition) is 2. The van der Waals surface area contributed by atoms with Crippen LogP contribution in [0.3, 0.4) is 0 Å². The van der Waals surface area contributed by atoms with E-state index in [2.05, 4.69) is 0 Å². The van der Waals surface area contributed by atoms with E-state index in [-0.39, 0.29) is 11.7 Å². The topological polar surface area (TPSA) is 80.4 Å². The molecule has 0 aliphatic heterocycles. The lowest BCUT2D eigenvalue weighted by Gasteiger charge is -2.04. The largest absolute Gasteiger partial charge is 0.480 e. The van der Waals surface area contributed by atoms with Crippen molar-refractivity contribution in [1.82, 2.24) is 0 Å². The molecule has 0 rings (SSSR count). The van der Waals surface area contributed by atoms with Crippen molar-refractivity contribution in [2.45, 2.75) is 38.1 Å². The molecule has 14 heavy (non-hydrogen) atoms. The van der Waals surface area contributed by atoms with E-state index in [1.807, 2.05) is 0 Å². The molecular weight excluding hydrogens is 206 g/mol. The first kappa shape index (κ1) is 13.4. The number of unbranched alkanes of at least 4 members (excludes halogenated alkanes) is 2. The summed E-state index contributed by atoms with van der Waals surface area (Å²) in [6.07, 6.45) is 3.26. The number of nitrogens with two attached hydrogens (primary N) is 1. The Morgan fingerprint density at radius 1 is 1.29 bits per heavy atom. The second-order valence-corrected chi connectivity index (χ2v) is 3.48. The standard InChI is InChI=1S/C9H16ClNO3/c10-6-7(12)4-2-1-3-5-8(11)9(13)14/h8H,1-6,11H2,(H,13,14)/t8-/m0/s1. The molecule has 0 saturated heterocycles. The average molecular weight is 222 g/mol. The van der Waals surface area contributed by atoms with Crippen molar-refractivity contribution in [2.75, 3.05) is 5.88 Å². The van der Waals surface area contributed by atoms with Gasteiger partial charge in [-0.1, -0.05) is 12.8 Å². The van der Waals surface area contributed by atoms with Crippen LogP contribution in [0.4, 0.5) is 0 Å². The Kier molecular flexibility index (Phi) is 7.42. The van der Waals surface area contributed by atoms with Gasteiger partial charge in [0.05, 0.1) is 5.88 Å². The van der Waals surface area contributed by atoms with Crippen LogP contribution in [0.15, 0.2) is 0 Å². The Balaban J connectivity index is 3.30. The van der Waals surface area contributed by atoms with Crippen molar-refractivity contribution in [3.8, 4) is 0 Å². The minimum absolute atomic E-state index is 0.0363. The van der Waals surface area contributed by atoms with Gasteiger partial charge in [-0.15, -0.1) is 11.6 Å². The number of halogens is 1. The van der Waals surface area contributed by atoms with Crippen LogP contribution in [0.25, 0.3) is 0 Å². The van der Waals surface area contributed by atoms with E-state index >= 15 is 0 Å². The van der Waals surface area contributed by atoms with E-state index in [4.69, 9.17) is 22.4 Å². The lowest BCUT2D eigenvalue weighted by Crippen LogP contribution is -2.29. The first-order valence-corrected chi connectivity index (χ1v) is 5.17. The molecule has 0 aliphatic rings. The van der Waals surface area contributed by atoms with Gasteiger partial charge >= 0.3 is 5.97 Å². The molecule has 1 atom stereocenters. The van der Waals surface area contributed by atoms with Gasteiger partial charge in [0.25, 0.3) is 0 Å². The monoisotopic (exact) mass is 221 g/mol. The third-order valence-electron chi connectivity index (χ3n) is 1.94. The van der Waals surface area contributed by atoms with Gasteiger partial charge in [0, 0.05) is 6.42 Å². The van der Waals surface area contributed by atoms with Crippen LogP contribution in [-0.4, -0.2) is 28.8 Å². The third kappa shape index (κ3) is 6.86. The maximum Gasteiger partial charge on any atom is 0.320 e. The van der Waals surface area contributed by atoms with Crippen molar-refractivity contribution in [2.24, 2.45) is 5.73 Å². The van der Waals surface area contributed by atoms with E-state index in [0.717, 1.165) is 19.3 Å². The molecule has 82 valence electrons. The molecule has 0 unspecified atom stereocenters. The highest BCUT2D eigenvalue weighted by molar-refractivity contribution is 6.27. The van der Waals surface area contributed by atoms with E-state index in [9.17, 15) is 9.59 Å². The van der Waals surface area contributed by atoms with Crippen molar-refractivity contribution >= 4 is 23.4 Å². The van der Waals surface area contributed by atoms with Crippen LogP contribution < -0.4 is 5.73 Å². The van der Waals surface area contributed by atoms with Crippen molar-refractivity contribution in [3.05, 3.63) is 0 Å². The van der Waals surface area contributed by atoms with Crippen molar-refractivity contribution in [1.29, 1.82) is 0 Å². The molecule has 0 heterocycles. The molecule has 5 heteroatoms. The number of carboxylic acid groups (broad SMARTS) is 1. The highest BCUT2D eigenvalue weighted by atomic mass is 35.5. The van der Waals surface area contributed by atoms with Crippen LogP contribution in [0.5, 0.6) is 0 Å². The number of rotatable bonds is 8. The summed E-state index contributed by atoms with van der Waals surface area (Å²) >= 11 is 5.31. The first-order chi connectivity index (χ1) is 6.57. The number of aliphatic carboxylic acids is 1. The maximum atomic E-state index is 10.8. The summed E-state index contributed by atoms with van der Waals surface area (Å²) < 4.78 is 0. The molecule has 0 aromatic carbocycles. The van der Waals surface area contributed by atoms with Gasteiger partial charge < -0.3 is 10.8 Å². The summed E-state index contributed by atoms with van der Waals surface area (Å²) in [7, 11) is 0. The molecule has 3 N–H and O–H groups in total. The zero-order valence-corrected chi connectivity index (χ0v) is 8.79. The van der Waals surface area contributed by atoms with E-state index in [0.29, 0.717) is 12.8 Å². The average Bonchev–Trinajstić information content (AvgIpc) is 2.16. The number of carbonyl (C=O) groups excluding carboxylic acids is 1. The van der Waals surface area contributed by atoms with Crippen LogP contribution in [0.1, 0.15) is 32.1 Å². The summed E-state index contributed by atoms with van der Waals surface area (Å²) in [5, 5.41) is 8.47. The second kappa shape index (κ2) is 7.76. The molecule has 0 aromatic rings. The van der Waals surface area contributed by atoms with Crippen LogP contribution in [-0.2, 0) is 9.59 Å². The fourth-order valence-electron chi connectivity index (χ4n) is 1.05. The SMILES string of the molecule is N[C@@H](CCCCCC(=O)CCl)C(=O)O. The maximum absolute atomic E-state index is 10.8. The van der Waals surface area contributed by atoms with E-state index in [1.54, 1.807) is 0 Å². The molecule has 0 aromatic heterocycles. The second-order valence-electron chi connectivity index (χ2n) is 3.22.